The van der Waals surface area contributed by atoms with Gasteiger partial charge in [0.1, 0.15) is 5.75 Å². The summed E-state index contributed by atoms with van der Waals surface area (Å²) < 4.78 is 5.66. The lowest BCUT2D eigenvalue weighted by molar-refractivity contribution is -0.135. The van der Waals surface area contributed by atoms with Gasteiger partial charge in [0.05, 0.1) is 6.61 Å². The second-order valence-electron chi connectivity index (χ2n) is 5.74. The number of aliphatic hydroxyl groups excluding tert-OH is 1. The zero-order valence-electron chi connectivity index (χ0n) is 13.1. The summed E-state index contributed by atoms with van der Waals surface area (Å²) in [6.45, 7) is 3.91. The first-order chi connectivity index (χ1) is 11.3. The quantitative estimate of drug-likeness (QED) is 0.905. The molecule has 122 valence electrons. The topological polar surface area (TPSA) is 53.0 Å². The zero-order valence-corrected chi connectivity index (χ0v) is 13.1. The van der Waals surface area contributed by atoms with Gasteiger partial charge in [-0.3, -0.25) is 9.69 Å². The predicted octanol–water partition coefficient (Wildman–Crippen LogP) is 1.36. The van der Waals surface area contributed by atoms with Gasteiger partial charge >= 0.3 is 0 Å². The van der Waals surface area contributed by atoms with Gasteiger partial charge in [0.25, 0.3) is 5.91 Å². The molecular formula is C18H22N2O3. The van der Waals surface area contributed by atoms with Crippen molar-refractivity contribution in [2.24, 2.45) is 0 Å². The summed E-state index contributed by atoms with van der Waals surface area (Å²) in [5.74, 6) is 0.734. The Morgan fingerprint density at radius 1 is 1.04 bits per heavy atom. The van der Waals surface area contributed by atoms with E-state index in [-0.39, 0.29) is 19.1 Å². The fraction of sp³-hybridized carbons (Fsp3) is 0.389. The second kappa shape index (κ2) is 7.44. The number of carbonyl (C=O) groups is 1. The van der Waals surface area contributed by atoms with E-state index in [1.54, 1.807) is 0 Å². The van der Waals surface area contributed by atoms with Crippen molar-refractivity contribution in [1.29, 1.82) is 0 Å². The van der Waals surface area contributed by atoms with Crippen molar-refractivity contribution in [3.05, 3.63) is 42.5 Å². The van der Waals surface area contributed by atoms with E-state index in [4.69, 9.17) is 9.84 Å². The van der Waals surface area contributed by atoms with Crippen molar-refractivity contribution in [3.8, 4) is 5.75 Å². The van der Waals surface area contributed by atoms with Gasteiger partial charge in [-0.15, -0.1) is 0 Å². The van der Waals surface area contributed by atoms with E-state index in [0.29, 0.717) is 19.6 Å². The van der Waals surface area contributed by atoms with Gasteiger partial charge in [0, 0.05) is 32.7 Å². The van der Waals surface area contributed by atoms with E-state index >= 15 is 0 Å². The van der Waals surface area contributed by atoms with Crippen molar-refractivity contribution in [1.82, 2.24) is 9.80 Å². The molecule has 1 heterocycles. The molecule has 0 atom stereocenters. The molecule has 1 saturated heterocycles. The van der Waals surface area contributed by atoms with Crippen LogP contribution in [0.4, 0.5) is 0 Å². The second-order valence-corrected chi connectivity index (χ2v) is 5.74. The van der Waals surface area contributed by atoms with Gasteiger partial charge in [-0.2, -0.15) is 0 Å². The molecule has 5 heteroatoms. The minimum absolute atomic E-state index is 0.0156. The van der Waals surface area contributed by atoms with Crippen molar-refractivity contribution in [2.75, 3.05) is 45.9 Å². The van der Waals surface area contributed by atoms with Gasteiger partial charge in [-0.1, -0.05) is 30.3 Å². The lowest BCUT2D eigenvalue weighted by Crippen LogP contribution is -2.50. The number of β-amino-alcohol motifs (C(OH)–C–C–N with tert-alkyl or cyclic N) is 1. The van der Waals surface area contributed by atoms with Crippen molar-refractivity contribution >= 4 is 16.7 Å². The lowest BCUT2D eigenvalue weighted by atomic mass is 10.1. The van der Waals surface area contributed by atoms with Gasteiger partial charge in [-0.25, -0.2) is 0 Å². The monoisotopic (exact) mass is 314 g/mol. The molecule has 2 aromatic carbocycles. The van der Waals surface area contributed by atoms with E-state index in [0.717, 1.165) is 29.6 Å². The van der Waals surface area contributed by atoms with Crippen LogP contribution in [0.5, 0.6) is 5.75 Å². The molecule has 0 radical (unpaired) electrons. The standard InChI is InChI=1S/C18H22N2O3/c21-12-11-19-7-9-20(10-8-19)18(22)14-23-17-6-5-15-3-1-2-4-16(15)13-17/h1-6,13,21H,7-12,14H2. The third-order valence-corrected chi connectivity index (χ3v) is 4.22. The average molecular weight is 314 g/mol. The van der Waals surface area contributed by atoms with Crippen molar-refractivity contribution < 1.29 is 14.6 Å². The molecule has 0 spiro atoms. The normalized spacial score (nSPS) is 15.8. The molecule has 1 aliphatic heterocycles. The maximum Gasteiger partial charge on any atom is 0.260 e. The van der Waals surface area contributed by atoms with Crippen LogP contribution in [-0.4, -0.2) is 66.8 Å². The molecule has 2 aromatic rings. The fourth-order valence-corrected chi connectivity index (χ4v) is 2.86. The van der Waals surface area contributed by atoms with E-state index in [9.17, 15) is 4.79 Å². The molecule has 23 heavy (non-hydrogen) atoms. The predicted molar refractivity (Wildman–Crippen MR) is 89.5 cm³/mol. The highest BCUT2D eigenvalue weighted by Crippen LogP contribution is 2.20. The van der Waals surface area contributed by atoms with Crippen LogP contribution in [0.25, 0.3) is 10.8 Å². The molecule has 1 aliphatic rings. The van der Waals surface area contributed by atoms with Crippen LogP contribution >= 0.6 is 0 Å². The van der Waals surface area contributed by atoms with Crippen molar-refractivity contribution in [3.63, 3.8) is 0 Å². The van der Waals surface area contributed by atoms with Crippen LogP contribution in [-0.2, 0) is 4.79 Å². The Morgan fingerprint density at radius 2 is 1.78 bits per heavy atom. The summed E-state index contributed by atoms with van der Waals surface area (Å²) in [4.78, 5) is 16.2. The first kappa shape index (κ1) is 15.8. The summed E-state index contributed by atoms with van der Waals surface area (Å²) in [6, 6.07) is 13.9. The molecule has 0 aromatic heterocycles. The van der Waals surface area contributed by atoms with E-state index < -0.39 is 0 Å². The Morgan fingerprint density at radius 3 is 2.52 bits per heavy atom. The maximum absolute atomic E-state index is 12.2. The first-order valence-corrected chi connectivity index (χ1v) is 7.99. The molecule has 0 saturated carbocycles. The van der Waals surface area contributed by atoms with Crippen LogP contribution < -0.4 is 4.74 Å². The summed E-state index contributed by atoms with van der Waals surface area (Å²) in [6.07, 6.45) is 0. The largest absolute Gasteiger partial charge is 0.484 e. The Kier molecular flexibility index (Phi) is 5.10. The Balaban J connectivity index is 1.52. The highest BCUT2D eigenvalue weighted by molar-refractivity contribution is 5.84. The highest BCUT2D eigenvalue weighted by atomic mass is 16.5. The lowest BCUT2D eigenvalue weighted by Gasteiger charge is -2.34. The summed E-state index contributed by atoms with van der Waals surface area (Å²) in [5.41, 5.74) is 0. The number of amides is 1. The molecule has 0 aliphatic carbocycles. The summed E-state index contributed by atoms with van der Waals surface area (Å²) >= 11 is 0. The number of benzene rings is 2. The zero-order chi connectivity index (χ0) is 16.1. The number of aliphatic hydroxyl groups is 1. The molecule has 0 unspecified atom stereocenters. The van der Waals surface area contributed by atoms with Gasteiger partial charge < -0.3 is 14.7 Å². The van der Waals surface area contributed by atoms with Crippen LogP contribution in [0.15, 0.2) is 42.5 Å². The number of hydrogen-bond donors (Lipinski definition) is 1. The first-order valence-electron chi connectivity index (χ1n) is 7.99. The number of ether oxygens (including phenoxy) is 1. The maximum atomic E-state index is 12.2. The van der Waals surface area contributed by atoms with E-state index in [1.165, 1.54) is 0 Å². The van der Waals surface area contributed by atoms with Gasteiger partial charge in [-0.05, 0) is 22.9 Å². The smallest absolute Gasteiger partial charge is 0.260 e. The van der Waals surface area contributed by atoms with Crippen molar-refractivity contribution in [2.45, 2.75) is 0 Å². The van der Waals surface area contributed by atoms with E-state index in [2.05, 4.69) is 11.0 Å². The van der Waals surface area contributed by atoms with Gasteiger partial charge in [0.15, 0.2) is 6.61 Å². The third-order valence-electron chi connectivity index (χ3n) is 4.22. The minimum atomic E-state index is 0.0156. The number of fused-ring (bicyclic) bond motifs is 1. The fourth-order valence-electron chi connectivity index (χ4n) is 2.86. The average Bonchev–Trinajstić information content (AvgIpc) is 2.60. The number of hydrogen-bond acceptors (Lipinski definition) is 4. The molecule has 0 bridgehead atoms. The molecular weight excluding hydrogens is 292 g/mol. The number of nitrogens with zero attached hydrogens (tertiary/aromatic N) is 2. The molecule has 3 rings (SSSR count). The SMILES string of the molecule is O=C(COc1ccc2ccccc2c1)N1CCN(CCO)CC1. The molecule has 1 fully saturated rings. The highest BCUT2D eigenvalue weighted by Gasteiger charge is 2.20. The van der Waals surface area contributed by atoms with Crippen LogP contribution in [0, 0.1) is 0 Å². The number of carbonyl (C=O) groups excluding carboxylic acids is 1. The van der Waals surface area contributed by atoms with Gasteiger partial charge in [0.2, 0.25) is 0 Å². The molecule has 5 nitrogen and oxygen atoms in total. The van der Waals surface area contributed by atoms with Crippen LogP contribution in [0.1, 0.15) is 0 Å². The Bertz CT molecular complexity index is 666. The number of rotatable bonds is 5. The third kappa shape index (κ3) is 4.00. The summed E-state index contributed by atoms with van der Waals surface area (Å²) in [5, 5.41) is 11.2. The molecule has 1 amide bonds. The summed E-state index contributed by atoms with van der Waals surface area (Å²) in [7, 11) is 0. The molecule has 1 N–H and O–H groups in total. The Labute approximate surface area is 136 Å². The van der Waals surface area contributed by atoms with Crippen LogP contribution in [0.3, 0.4) is 0 Å². The van der Waals surface area contributed by atoms with Crippen LogP contribution in [0.2, 0.25) is 0 Å². The minimum Gasteiger partial charge on any atom is -0.484 e. The number of piperazine rings is 1. The van der Waals surface area contributed by atoms with E-state index in [1.807, 2.05) is 41.3 Å². The Hall–Kier alpha value is -2.11.